The number of nitrogens with two attached hydrogens (primary N) is 1. The number of para-hydroxylation sites is 1. The molecule has 2 aromatic carbocycles. The van der Waals surface area contributed by atoms with E-state index in [0.717, 1.165) is 47.0 Å². The van der Waals surface area contributed by atoms with E-state index in [1.165, 1.54) is 23.6 Å². The van der Waals surface area contributed by atoms with Gasteiger partial charge in [0.15, 0.2) is 0 Å². The van der Waals surface area contributed by atoms with Gasteiger partial charge in [-0.3, -0.25) is 14.5 Å². The summed E-state index contributed by atoms with van der Waals surface area (Å²) in [4.78, 5) is 27.4. The number of hydrogen-bond donors (Lipinski definition) is 4. The van der Waals surface area contributed by atoms with Gasteiger partial charge in [0.1, 0.15) is 12.4 Å². The summed E-state index contributed by atoms with van der Waals surface area (Å²) in [7, 11) is 1.87. The van der Waals surface area contributed by atoms with Crippen LogP contribution >= 0.6 is 0 Å². The number of nitrogens with one attached hydrogen (secondary N) is 2. The lowest BCUT2D eigenvalue weighted by Crippen LogP contribution is -2.26. The highest BCUT2D eigenvalue weighted by Crippen LogP contribution is 2.22. The van der Waals surface area contributed by atoms with Crippen LogP contribution in [-0.2, 0) is 24.3 Å². The lowest BCUT2D eigenvalue weighted by molar-refractivity contribution is -0.136. The Hall–Kier alpha value is -3.78. The molecule has 3 aromatic rings. The van der Waals surface area contributed by atoms with Gasteiger partial charge in [-0.05, 0) is 54.7 Å². The molecule has 0 saturated carbocycles. The van der Waals surface area contributed by atoms with Crippen LogP contribution in [0.4, 0.5) is 11.4 Å². The van der Waals surface area contributed by atoms with Crippen molar-refractivity contribution >= 4 is 17.3 Å². The third kappa shape index (κ3) is 9.59. The number of carbonyl (C=O) groups is 1. The van der Waals surface area contributed by atoms with E-state index < -0.39 is 5.97 Å². The Balaban J connectivity index is 0.000000324. The Morgan fingerprint density at radius 3 is 2.53 bits per heavy atom. The highest BCUT2D eigenvalue weighted by Gasteiger charge is 2.17. The molecule has 8 heteroatoms. The topological polar surface area (TPSA) is 121 Å². The first kappa shape index (κ1) is 30.4. The monoisotopic (exact) mass is 522 g/mol. The minimum absolute atomic E-state index is 0.129. The summed E-state index contributed by atoms with van der Waals surface area (Å²) in [6.07, 6.45) is 1.91. The SMILES string of the molecule is CCC.CNc1cccc(C)c1N.Cc1ccc(CCC(=O)O)cc1CN1CCOc2ccc(=O)[nH]c2C1. The van der Waals surface area contributed by atoms with Crippen molar-refractivity contribution in [2.75, 3.05) is 31.2 Å². The van der Waals surface area contributed by atoms with Crippen molar-refractivity contribution < 1.29 is 14.6 Å². The zero-order valence-electron chi connectivity index (χ0n) is 23.3. The normalized spacial score (nSPS) is 12.4. The molecule has 1 aromatic heterocycles. The van der Waals surface area contributed by atoms with Crippen LogP contribution in [0.3, 0.4) is 0 Å². The highest BCUT2D eigenvalue weighted by molar-refractivity contribution is 5.69. The molecule has 1 aliphatic heterocycles. The van der Waals surface area contributed by atoms with E-state index in [9.17, 15) is 9.59 Å². The van der Waals surface area contributed by atoms with Crippen molar-refractivity contribution in [2.24, 2.45) is 0 Å². The minimum atomic E-state index is -0.785. The molecule has 0 fully saturated rings. The third-order valence-electron chi connectivity index (χ3n) is 6.03. The van der Waals surface area contributed by atoms with Gasteiger partial charge >= 0.3 is 5.97 Å². The average molecular weight is 523 g/mol. The number of hydrogen-bond acceptors (Lipinski definition) is 6. The van der Waals surface area contributed by atoms with Crippen molar-refractivity contribution in [3.63, 3.8) is 0 Å². The van der Waals surface area contributed by atoms with E-state index in [4.69, 9.17) is 15.6 Å². The number of aliphatic carboxylic acids is 1. The number of carboxylic acid groups (broad SMARTS) is 1. The number of ether oxygens (including phenoxy) is 1. The molecule has 206 valence electrons. The van der Waals surface area contributed by atoms with Gasteiger partial charge in [-0.25, -0.2) is 0 Å². The van der Waals surface area contributed by atoms with Crippen molar-refractivity contribution in [3.05, 3.63) is 86.8 Å². The summed E-state index contributed by atoms with van der Waals surface area (Å²) >= 11 is 0. The second kappa shape index (κ2) is 15.5. The first-order valence-electron chi connectivity index (χ1n) is 13.1. The van der Waals surface area contributed by atoms with Gasteiger partial charge in [0.25, 0.3) is 0 Å². The second-order valence-electron chi connectivity index (χ2n) is 9.37. The van der Waals surface area contributed by atoms with Crippen LogP contribution in [0, 0.1) is 13.8 Å². The van der Waals surface area contributed by atoms with Crippen molar-refractivity contribution in [3.8, 4) is 5.75 Å². The smallest absolute Gasteiger partial charge is 0.303 e. The average Bonchev–Trinajstić information content (AvgIpc) is 3.08. The molecular formula is C30H42N4O4. The molecule has 0 spiro atoms. The van der Waals surface area contributed by atoms with Crippen LogP contribution in [0.15, 0.2) is 53.3 Å². The maximum Gasteiger partial charge on any atom is 0.303 e. The van der Waals surface area contributed by atoms with Gasteiger partial charge in [0.2, 0.25) is 5.56 Å². The fourth-order valence-corrected chi connectivity index (χ4v) is 3.92. The van der Waals surface area contributed by atoms with E-state index >= 15 is 0 Å². The van der Waals surface area contributed by atoms with Gasteiger partial charge in [-0.1, -0.05) is 50.6 Å². The van der Waals surface area contributed by atoms with Crippen molar-refractivity contribution in [1.29, 1.82) is 0 Å². The second-order valence-corrected chi connectivity index (χ2v) is 9.37. The molecule has 4 rings (SSSR count). The summed E-state index contributed by atoms with van der Waals surface area (Å²) in [6, 6.07) is 15.2. The molecule has 0 atom stereocenters. The molecule has 0 unspecified atom stereocenters. The number of nitrogen functional groups attached to an aromatic ring is 1. The number of pyridine rings is 1. The molecule has 0 aliphatic carbocycles. The molecule has 0 saturated heterocycles. The largest absolute Gasteiger partial charge is 0.490 e. The van der Waals surface area contributed by atoms with E-state index in [-0.39, 0.29) is 12.0 Å². The summed E-state index contributed by atoms with van der Waals surface area (Å²) in [5.74, 6) is -0.0543. The van der Waals surface area contributed by atoms with Gasteiger partial charge < -0.3 is 25.9 Å². The Labute approximate surface area is 225 Å². The van der Waals surface area contributed by atoms with Crippen molar-refractivity contribution in [2.45, 2.75) is 60.0 Å². The van der Waals surface area contributed by atoms with E-state index in [2.05, 4.69) is 42.0 Å². The quantitative estimate of drug-likeness (QED) is 0.331. The molecule has 2 heterocycles. The molecule has 8 nitrogen and oxygen atoms in total. The van der Waals surface area contributed by atoms with Gasteiger partial charge in [-0.15, -0.1) is 0 Å². The van der Waals surface area contributed by atoms with Crippen LogP contribution in [0.5, 0.6) is 5.75 Å². The number of rotatable bonds is 6. The Morgan fingerprint density at radius 1 is 1.13 bits per heavy atom. The van der Waals surface area contributed by atoms with Crippen LogP contribution in [0.2, 0.25) is 0 Å². The van der Waals surface area contributed by atoms with Crippen LogP contribution in [0.25, 0.3) is 0 Å². The lowest BCUT2D eigenvalue weighted by atomic mass is 10.0. The number of anilines is 2. The number of aromatic nitrogens is 1. The van der Waals surface area contributed by atoms with E-state index in [0.29, 0.717) is 19.6 Å². The standard InChI is InChI=1S/C19H22N2O4.C8H12N2.C3H8/c1-13-2-3-14(4-7-19(23)24)10-15(13)11-21-8-9-25-17-5-6-18(22)20-16(17)12-21;1-6-4-3-5-7(10-2)8(6)9;1-3-2/h2-3,5-6,10H,4,7-9,11-12H2,1H3,(H,20,22)(H,23,24);3-5,10H,9H2,1-2H3;3H2,1-2H3. The first-order chi connectivity index (χ1) is 18.2. The minimum Gasteiger partial charge on any atom is -0.490 e. The zero-order chi connectivity index (χ0) is 28.1. The zero-order valence-corrected chi connectivity index (χ0v) is 23.3. The summed E-state index contributed by atoms with van der Waals surface area (Å²) < 4.78 is 5.71. The van der Waals surface area contributed by atoms with Crippen LogP contribution in [-0.4, -0.2) is 41.2 Å². The Morgan fingerprint density at radius 2 is 1.87 bits per heavy atom. The fourth-order valence-electron chi connectivity index (χ4n) is 3.92. The number of fused-ring (bicyclic) bond motifs is 1. The third-order valence-corrected chi connectivity index (χ3v) is 6.03. The molecule has 1 aliphatic rings. The first-order valence-corrected chi connectivity index (χ1v) is 13.1. The number of benzene rings is 2. The van der Waals surface area contributed by atoms with Crippen molar-refractivity contribution in [1.82, 2.24) is 9.88 Å². The predicted octanol–water partition coefficient (Wildman–Crippen LogP) is 5.13. The van der Waals surface area contributed by atoms with Crippen LogP contribution < -0.4 is 21.3 Å². The number of nitrogens with zero attached hydrogens (tertiary/aromatic N) is 1. The summed E-state index contributed by atoms with van der Waals surface area (Å²) in [5.41, 5.74) is 12.7. The fraction of sp³-hybridized carbons (Fsp3) is 0.400. The molecule has 0 bridgehead atoms. The molecule has 38 heavy (non-hydrogen) atoms. The highest BCUT2D eigenvalue weighted by atomic mass is 16.5. The van der Waals surface area contributed by atoms with E-state index in [1.54, 1.807) is 6.07 Å². The maximum absolute atomic E-state index is 11.6. The Kier molecular flexibility index (Phi) is 12.4. The molecule has 5 N–H and O–H groups in total. The number of aromatic amines is 1. The summed E-state index contributed by atoms with van der Waals surface area (Å²) in [5, 5.41) is 11.9. The Bertz CT molecular complexity index is 1240. The maximum atomic E-state index is 11.6. The molecule has 0 amide bonds. The molecular weight excluding hydrogens is 480 g/mol. The number of carboxylic acids is 1. The number of H-pyrrole nitrogens is 1. The molecule has 0 radical (unpaired) electrons. The predicted molar refractivity (Wildman–Crippen MR) is 155 cm³/mol. The van der Waals surface area contributed by atoms with Gasteiger partial charge in [0, 0.05) is 39.2 Å². The van der Waals surface area contributed by atoms with Gasteiger partial charge in [0.05, 0.1) is 17.1 Å². The van der Waals surface area contributed by atoms with Crippen LogP contribution in [0.1, 0.15) is 54.6 Å². The number of aryl methyl sites for hydroxylation is 3. The van der Waals surface area contributed by atoms with Gasteiger partial charge in [-0.2, -0.15) is 0 Å². The van der Waals surface area contributed by atoms with E-state index in [1.807, 2.05) is 44.3 Å². The summed E-state index contributed by atoms with van der Waals surface area (Å²) in [6.45, 7) is 11.0. The lowest BCUT2D eigenvalue weighted by Gasteiger charge is -2.21.